The maximum Gasteiger partial charge on any atom is 0.126 e. The SMILES string of the molecule is Cc1ccc(Cl)c(-c2cn[nH]c2N)c1. The molecule has 2 rings (SSSR count). The van der Waals surface area contributed by atoms with Gasteiger partial charge in [-0.25, -0.2) is 0 Å². The molecule has 0 aliphatic rings. The average Bonchev–Trinajstić information content (AvgIpc) is 2.56. The Kier molecular flexibility index (Phi) is 2.17. The Hall–Kier alpha value is -1.48. The third kappa shape index (κ3) is 1.46. The zero-order valence-corrected chi connectivity index (χ0v) is 8.47. The van der Waals surface area contributed by atoms with Crippen molar-refractivity contribution in [2.45, 2.75) is 6.92 Å². The monoisotopic (exact) mass is 207 g/mol. The van der Waals surface area contributed by atoms with Gasteiger partial charge in [-0.05, 0) is 19.1 Å². The number of nitrogens with one attached hydrogen (secondary N) is 1. The standard InChI is InChI=1S/C10H10ClN3/c1-6-2-3-9(11)7(4-6)8-5-13-14-10(8)12/h2-5H,1H3,(H3,12,13,14). The van der Waals surface area contributed by atoms with Gasteiger partial charge in [0.25, 0.3) is 0 Å². The van der Waals surface area contributed by atoms with Gasteiger partial charge in [0.1, 0.15) is 5.82 Å². The van der Waals surface area contributed by atoms with Crippen LogP contribution in [0, 0.1) is 6.92 Å². The molecule has 0 aliphatic carbocycles. The summed E-state index contributed by atoms with van der Waals surface area (Å²) >= 11 is 6.06. The van der Waals surface area contributed by atoms with Crippen molar-refractivity contribution in [1.29, 1.82) is 0 Å². The summed E-state index contributed by atoms with van der Waals surface area (Å²) in [6.45, 7) is 2.01. The Morgan fingerprint density at radius 3 is 2.79 bits per heavy atom. The van der Waals surface area contributed by atoms with Crippen molar-refractivity contribution in [3.05, 3.63) is 35.0 Å². The molecular weight excluding hydrogens is 198 g/mol. The molecule has 1 aromatic heterocycles. The van der Waals surface area contributed by atoms with Crippen molar-refractivity contribution in [3.63, 3.8) is 0 Å². The van der Waals surface area contributed by atoms with Gasteiger partial charge in [0.15, 0.2) is 0 Å². The fourth-order valence-corrected chi connectivity index (χ4v) is 1.58. The lowest BCUT2D eigenvalue weighted by molar-refractivity contribution is 1.10. The summed E-state index contributed by atoms with van der Waals surface area (Å²) in [4.78, 5) is 0. The number of aryl methyl sites for hydroxylation is 1. The van der Waals surface area contributed by atoms with Crippen LogP contribution in [-0.4, -0.2) is 10.2 Å². The molecule has 3 N–H and O–H groups in total. The molecule has 0 unspecified atom stereocenters. The van der Waals surface area contributed by atoms with E-state index in [1.165, 1.54) is 0 Å². The van der Waals surface area contributed by atoms with Gasteiger partial charge in [-0.3, -0.25) is 5.10 Å². The van der Waals surface area contributed by atoms with Gasteiger partial charge in [0.2, 0.25) is 0 Å². The van der Waals surface area contributed by atoms with Gasteiger partial charge >= 0.3 is 0 Å². The molecule has 0 bridgehead atoms. The van der Waals surface area contributed by atoms with E-state index in [2.05, 4.69) is 10.2 Å². The Morgan fingerprint density at radius 1 is 1.36 bits per heavy atom. The summed E-state index contributed by atoms with van der Waals surface area (Å²) in [6.07, 6.45) is 1.68. The second-order valence-electron chi connectivity index (χ2n) is 3.18. The summed E-state index contributed by atoms with van der Waals surface area (Å²) in [5.41, 5.74) is 8.62. The quantitative estimate of drug-likeness (QED) is 0.755. The van der Waals surface area contributed by atoms with E-state index in [1.54, 1.807) is 6.20 Å². The first-order chi connectivity index (χ1) is 6.68. The van der Waals surface area contributed by atoms with Crippen LogP contribution < -0.4 is 5.73 Å². The number of aromatic nitrogens is 2. The van der Waals surface area contributed by atoms with Crippen LogP contribution in [-0.2, 0) is 0 Å². The maximum absolute atomic E-state index is 6.06. The van der Waals surface area contributed by atoms with Crippen LogP contribution in [0.15, 0.2) is 24.4 Å². The number of anilines is 1. The number of nitrogen functional groups attached to an aromatic ring is 1. The molecule has 14 heavy (non-hydrogen) atoms. The van der Waals surface area contributed by atoms with Crippen molar-refractivity contribution >= 4 is 17.4 Å². The minimum absolute atomic E-state index is 0.539. The highest BCUT2D eigenvalue weighted by molar-refractivity contribution is 6.33. The molecule has 0 aliphatic heterocycles. The minimum Gasteiger partial charge on any atom is -0.384 e. The molecule has 0 atom stereocenters. The summed E-state index contributed by atoms with van der Waals surface area (Å²) in [6, 6.07) is 5.81. The molecule has 0 spiro atoms. The van der Waals surface area contributed by atoms with Crippen LogP contribution in [0.25, 0.3) is 11.1 Å². The lowest BCUT2D eigenvalue weighted by Crippen LogP contribution is -1.88. The average molecular weight is 208 g/mol. The van der Waals surface area contributed by atoms with Crippen molar-refractivity contribution in [1.82, 2.24) is 10.2 Å². The first-order valence-corrected chi connectivity index (χ1v) is 4.61. The molecule has 72 valence electrons. The highest BCUT2D eigenvalue weighted by Gasteiger charge is 2.08. The summed E-state index contributed by atoms with van der Waals surface area (Å²) < 4.78 is 0. The van der Waals surface area contributed by atoms with Crippen LogP contribution in [0.5, 0.6) is 0 Å². The smallest absolute Gasteiger partial charge is 0.126 e. The molecule has 0 saturated carbocycles. The van der Waals surface area contributed by atoms with Gasteiger partial charge in [0.05, 0.1) is 6.20 Å². The van der Waals surface area contributed by atoms with E-state index in [0.29, 0.717) is 10.8 Å². The highest BCUT2D eigenvalue weighted by atomic mass is 35.5. The van der Waals surface area contributed by atoms with Crippen LogP contribution in [0.2, 0.25) is 5.02 Å². The van der Waals surface area contributed by atoms with E-state index < -0.39 is 0 Å². The minimum atomic E-state index is 0.539. The molecular formula is C10H10ClN3. The van der Waals surface area contributed by atoms with E-state index in [4.69, 9.17) is 17.3 Å². The topological polar surface area (TPSA) is 54.7 Å². The number of halogens is 1. The normalized spacial score (nSPS) is 10.4. The second-order valence-corrected chi connectivity index (χ2v) is 3.59. The fraction of sp³-hybridized carbons (Fsp3) is 0.100. The lowest BCUT2D eigenvalue weighted by atomic mass is 10.1. The molecule has 0 saturated heterocycles. The van der Waals surface area contributed by atoms with Gasteiger partial charge in [-0.2, -0.15) is 5.10 Å². The third-order valence-electron chi connectivity index (χ3n) is 2.08. The first-order valence-electron chi connectivity index (χ1n) is 4.24. The molecule has 2 aromatic rings. The van der Waals surface area contributed by atoms with E-state index in [1.807, 2.05) is 25.1 Å². The van der Waals surface area contributed by atoms with Gasteiger partial charge in [-0.15, -0.1) is 0 Å². The van der Waals surface area contributed by atoms with Crippen LogP contribution in [0.3, 0.4) is 0 Å². The Labute approximate surface area is 86.9 Å². The van der Waals surface area contributed by atoms with Gasteiger partial charge in [-0.1, -0.05) is 23.2 Å². The number of H-pyrrole nitrogens is 1. The van der Waals surface area contributed by atoms with Crippen molar-refractivity contribution in [2.75, 3.05) is 5.73 Å². The molecule has 0 fully saturated rings. The maximum atomic E-state index is 6.06. The Morgan fingerprint density at radius 2 is 2.14 bits per heavy atom. The number of aromatic amines is 1. The molecule has 1 aromatic carbocycles. The van der Waals surface area contributed by atoms with Crippen molar-refractivity contribution in [2.24, 2.45) is 0 Å². The largest absolute Gasteiger partial charge is 0.384 e. The van der Waals surface area contributed by atoms with Gasteiger partial charge < -0.3 is 5.73 Å². The number of nitrogens with zero attached hydrogens (tertiary/aromatic N) is 1. The first kappa shape index (κ1) is 9.09. The zero-order chi connectivity index (χ0) is 10.1. The van der Waals surface area contributed by atoms with E-state index in [0.717, 1.165) is 16.7 Å². The Balaban J connectivity index is 2.62. The van der Waals surface area contributed by atoms with E-state index >= 15 is 0 Å². The second kappa shape index (κ2) is 3.35. The molecule has 3 nitrogen and oxygen atoms in total. The number of rotatable bonds is 1. The summed E-state index contributed by atoms with van der Waals surface area (Å²) in [5, 5.41) is 7.23. The molecule has 0 radical (unpaired) electrons. The van der Waals surface area contributed by atoms with Crippen molar-refractivity contribution < 1.29 is 0 Å². The highest BCUT2D eigenvalue weighted by Crippen LogP contribution is 2.31. The number of hydrogen-bond acceptors (Lipinski definition) is 2. The number of nitrogens with two attached hydrogens (primary N) is 1. The number of hydrogen-bond donors (Lipinski definition) is 2. The fourth-order valence-electron chi connectivity index (χ4n) is 1.36. The third-order valence-corrected chi connectivity index (χ3v) is 2.41. The van der Waals surface area contributed by atoms with E-state index in [9.17, 15) is 0 Å². The number of benzene rings is 1. The predicted octanol–water partition coefficient (Wildman–Crippen LogP) is 2.62. The molecule has 4 heteroatoms. The van der Waals surface area contributed by atoms with Crippen LogP contribution in [0.1, 0.15) is 5.56 Å². The van der Waals surface area contributed by atoms with Gasteiger partial charge in [0, 0.05) is 16.1 Å². The summed E-state index contributed by atoms with van der Waals surface area (Å²) in [7, 11) is 0. The Bertz CT molecular complexity index is 462. The molecule has 1 heterocycles. The van der Waals surface area contributed by atoms with Crippen molar-refractivity contribution in [3.8, 4) is 11.1 Å². The van der Waals surface area contributed by atoms with Crippen LogP contribution >= 0.6 is 11.6 Å². The zero-order valence-electron chi connectivity index (χ0n) is 7.71. The van der Waals surface area contributed by atoms with Crippen LogP contribution in [0.4, 0.5) is 5.82 Å². The lowest BCUT2D eigenvalue weighted by Gasteiger charge is -2.03. The predicted molar refractivity (Wildman–Crippen MR) is 58.2 cm³/mol. The van der Waals surface area contributed by atoms with E-state index in [-0.39, 0.29) is 0 Å². The summed E-state index contributed by atoms with van der Waals surface area (Å²) in [5.74, 6) is 0.539. The molecule has 0 amide bonds.